The third-order valence-electron chi connectivity index (χ3n) is 4.59. The Hall–Kier alpha value is -2.70. The second-order valence-electron chi connectivity index (χ2n) is 7.08. The Balaban J connectivity index is 1.99. The van der Waals surface area contributed by atoms with Gasteiger partial charge in [-0.1, -0.05) is 62.4 Å². The van der Waals surface area contributed by atoms with E-state index in [0.717, 1.165) is 35.7 Å². The lowest BCUT2D eigenvalue weighted by Gasteiger charge is -2.25. The van der Waals surface area contributed by atoms with Crippen molar-refractivity contribution in [2.24, 2.45) is 0 Å². The monoisotopic (exact) mass is 464 g/mol. The molecule has 0 spiro atoms. The maximum absolute atomic E-state index is 13.7. The molecular formula is C26H28N2O2S2. The van der Waals surface area contributed by atoms with Gasteiger partial charge in [-0.15, -0.1) is 0 Å². The van der Waals surface area contributed by atoms with E-state index in [1.807, 2.05) is 72.8 Å². The highest BCUT2D eigenvalue weighted by Gasteiger charge is 2.27. The van der Waals surface area contributed by atoms with Crippen molar-refractivity contribution >= 4 is 47.1 Å². The number of carbonyl (C=O) groups is 2. The van der Waals surface area contributed by atoms with Gasteiger partial charge in [0.25, 0.3) is 11.8 Å². The fourth-order valence-electron chi connectivity index (χ4n) is 3.07. The molecule has 0 bridgehead atoms. The Kier molecular flexibility index (Phi) is 9.26. The van der Waals surface area contributed by atoms with Gasteiger partial charge in [0, 0.05) is 11.5 Å². The molecule has 2 amide bonds. The predicted octanol–water partition coefficient (Wildman–Crippen LogP) is 7.10. The van der Waals surface area contributed by atoms with Crippen LogP contribution in [0.25, 0.3) is 0 Å². The molecule has 3 aromatic rings. The summed E-state index contributed by atoms with van der Waals surface area (Å²) in [5.74, 6) is 1.23. The summed E-state index contributed by atoms with van der Waals surface area (Å²) in [4.78, 5) is 27.4. The van der Waals surface area contributed by atoms with Gasteiger partial charge in [-0.05, 0) is 73.1 Å². The van der Waals surface area contributed by atoms with Crippen molar-refractivity contribution in [2.75, 3.05) is 20.1 Å². The van der Waals surface area contributed by atoms with Crippen LogP contribution in [0.4, 0.5) is 11.4 Å². The highest BCUT2D eigenvalue weighted by molar-refractivity contribution is 8.01. The van der Waals surface area contributed by atoms with Gasteiger partial charge in [-0.2, -0.15) is 0 Å². The van der Waals surface area contributed by atoms with Crippen molar-refractivity contribution in [3.05, 3.63) is 96.1 Å². The number of nitrogens with zero attached hydrogens (tertiary/aromatic N) is 2. The molecular weight excluding hydrogens is 436 g/mol. The van der Waals surface area contributed by atoms with Crippen LogP contribution in [0, 0.1) is 0 Å². The molecule has 0 aliphatic rings. The van der Waals surface area contributed by atoms with Crippen LogP contribution in [0.15, 0.2) is 84.9 Å². The number of para-hydroxylation sites is 2. The summed E-state index contributed by atoms with van der Waals surface area (Å²) in [6.07, 6.45) is 1.88. The van der Waals surface area contributed by atoms with E-state index in [1.165, 1.54) is 23.9 Å². The van der Waals surface area contributed by atoms with Crippen LogP contribution < -0.4 is 8.61 Å². The molecule has 166 valence electrons. The summed E-state index contributed by atoms with van der Waals surface area (Å²) in [5, 5.41) is 0. The third kappa shape index (κ3) is 5.96. The minimum absolute atomic E-state index is 0.188. The van der Waals surface area contributed by atoms with E-state index in [-0.39, 0.29) is 11.8 Å². The van der Waals surface area contributed by atoms with Gasteiger partial charge in [0.15, 0.2) is 0 Å². The standard InChI is InChI=1S/C26H28N2O2S2/c1-3-19-31-27(21-13-7-5-8-14-21)25(29)23-17-11-12-18-24(23)26(30)28(32-20-4-2)22-15-9-6-10-16-22/h5-18H,3-4,19-20H2,1-2H3. The molecule has 4 nitrogen and oxygen atoms in total. The zero-order chi connectivity index (χ0) is 22.8. The molecule has 3 aromatic carbocycles. The Morgan fingerprint density at radius 3 is 1.28 bits per heavy atom. The summed E-state index contributed by atoms with van der Waals surface area (Å²) >= 11 is 2.94. The lowest BCUT2D eigenvalue weighted by molar-refractivity contribution is 0.0975. The number of amides is 2. The van der Waals surface area contributed by atoms with Gasteiger partial charge in [0.1, 0.15) is 0 Å². The molecule has 3 rings (SSSR count). The van der Waals surface area contributed by atoms with Crippen LogP contribution in [0.1, 0.15) is 47.4 Å². The van der Waals surface area contributed by atoms with Crippen LogP contribution in [0.5, 0.6) is 0 Å². The fourth-order valence-corrected chi connectivity index (χ4v) is 4.77. The van der Waals surface area contributed by atoms with Gasteiger partial charge in [0.2, 0.25) is 0 Å². The highest BCUT2D eigenvalue weighted by atomic mass is 32.2. The quantitative estimate of drug-likeness (QED) is 0.300. The number of benzene rings is 3. The van der Waals surface area contributed by atoms with E-state index < -0.39 is 0 Å². The smallest absolute Gasteiger partial charge is 0.268 e. The van der Waals surface area contributed by atoms with Crippen LogP contribution in [-0.4, -0.2) is 23.3 Å². The minimum atomic E-state index is -0.188. The minimum Gasteiger partial charge on any atom is -0.268 e. The molecule has 0 radical (unpaired) electrons. The summed E-state index contributed by atoms with van der Waals surface area (Å²) in [5.41, 5.74) is 2.42. The van der Waals surface area contributed by atoms with Crippen molar-refractivity contribution < 1.29 is 9.59 Å². The number of anilines is 2. The largest absolute Gasteiger partial charge is 0.269 e. The van der Waals surface area contributed by atoms with E-state index in [4.69, 9.17) is 0 Å². The molecule has 0 aliphatic heterocycles. The van der Waals surface area contributed by atoms with E-state index in [1.54, 1.807) is 20.7 Å². The molecule has 0 unspecified atom stereocenters. The van der Waals surface area contributed by atoms with Gasteiger partial charge in [-0.25, -0.2) is 0 Å². The lowest BCUT2D eigenvalue weighted by Crippen LogP contribution is -2.30. The Morgan fingerprint density at radius 2 is 0.938 bits per heavy atom. The molecule has 0 aliphatic carbocycles. The summed E-state index contributed by atoms with van der Waals surface area (Å²) in [6.45, 7) is 4.17. The average Bonchev–Trinajstić information content (AvgIpc) is 2.85. The first-order valence-corrected chi connectivity index (χ1v) is 12.7. The van der Waals surface area contributed by atoms with Crippen molar-refractivity contribution in [1.29, 1.82) is 0 Å². The molecule has 0 N–H and O–H groups in total. The molecule has 0 fully saturated rings. The van der Waals surface area contributed by atoms with Gasteiger partial charge in [0.05, 0.1) is 22.5 Å². The van der Waals surface area contributed by atoms with E-state index >= 15 is 0 Å². The summed E-state index contributed by atoms with van der Waals surface area (Å²) in [7, 11) is 0. The molecule has 0 saturated carbocycles. The lowest BCUT2D eigenvalue weighted by atomic mass is 10.1. The SMILES string of the molecule is CCCSN(C(=O)c1ccccc1C(=O)N(SCCC)c1ccccc1)c1ccccc1. The van der Waals surface area contributed by atoms with Gasteiger partial charge < -0.3 is 0 Å². The molecule has 0 heterocycles. The molecule has 32 heavy (non-hydrogen) atoms. The predicted molar refractivity (Wildman–Crippen MR) is 138 cm³/mol. The first kappa shape index (κ1) is 24.0. The zero-order valence-corrected chi connectivity index (χ0v) is 20.1. The summed E-state index contributed by atoms with van der Waals surface area (Å²) in [6, 6.07) is 26.3. The van der Waals surface area contributed by atoms with Crippen molar-refractivity contribution in [3.63, 3.8) is 0 Å². The fraction of sp³-hybridized carbons (Fsp3) is 0.231. The van der Waals surface area contributed by atoms with E-state index in [2.05, 4.69) is 13.8 Å². The molecule has 6 heteroatoms. The maximum Gasteiger partial charge on any atom is 0.269 e. The maximum atomic E-state index is 13.7. The molecule has 0 saturated heterocycles. The highest BCUT2D eigenvalue weighted by Crippen LogP contribution is 2.30. The van der Waals surface area contributed by atoms with E-state index in [0.29, 0.717) is 11.1 Å². The summed E-state index contributed by atoms with van der Waals surface area (Å²) < 4.78 is 3.39. The molecule has 0 aromatic heterocycles. The first-order chi connectivity index (χ1) is 15.7. The van der Waals surface area contributed by atoms with Gasteiger partial charge >= 0.3 is 0 Å². The van der Waals surface area contributed by atoms with Crippen molar-refractivity contribution in [1.82, 2.24) is 0 Å². The van der Waals surface area contributed by atoms with Crippen LogP contribution in [-0.2, 0) is 0 Å². The third-order valence-corrected chi connectivity index (χ3v) is 7.04. The van der Waals surface area contributed by atoms with Crippen molar-refractivity contribution in [3.8, 4) is 0 Å². The topological polar surface area (TPSA) is 40.6 Å². The number of hydrogen-bond donors (Lipinski definition) is 0. The normalized spacial score (nSPS) is 10.6. The van der Waals surface area contributed by atoms with Crippen LogP contribution in [0.2, 0.25) is 0 Å². The Labute approximate surface area is 199 Å². The molecule has 0 atom stereocenters. The Bertz CT molecular complexity index is 930. The number of carbonyl (C=O) groups excluding carboxylic acids is 2. The second kappa shape index (κ2) is 12.4. The average molecular weight is 465 g/mol. The zero-order valence-electron chi connectivity index (χ0n) is 18.4. The second-order valence-corrected chi connectivity index (χ2v) is 9.15. The van der Waals surface area contributed by atoms with Crippen molar-refractivity contribution in [2.45, 2.75) is 26.7 Å². The van der Waals surface area contributed by atoms with E-state index in [9.17, 15) is 9.59 Å². The number of hydrogen-bond acceptors (Lipinski definition) is 4. The number of rotatable bonds is 10. The van der Waals surface area contributed by atoms with Crippen LogP contribution >= 0.6 is 23.9 Å². The van der Waals surface area contributed by atoms with Gasteiger partial charge in [-0.3, -0.25) is 18.2 Å². The van der Waals surface area contributed by atoms with Crippen LogP contribution in [0.3, 0.4) is 0 Å². The first-order valence-electron chi connectivity index (χ1n) is 10.8. The Morgan fingerprint density at radius 1 is 0.594 bits per heavy atom.